The molecule has 0 fully saturated rings. The molecule has 2 heteroatoms. The minimum absolute atomic E-state index is 0.755. The normalized spacial score (nSPS) is 12.3. The zero-order valence-corrected chi connectivity index (χ0v) is 8.71. The lowest BCUT2D eigenvalue weighted by molar-refractivity contribution is 1.68. The predicted molar refractivity (Wildman–Crippen MR) is 50.7 cm³/mol. The summed E-state index contributed by atoms with van der Waals surface area (Å²) in [5.41, 5.74) is 3.18. The minimum Gasteiger partial charge on any atom is -0.127 e. The van der Waals surface area contributed by atoms with Gasteiger partial charge >= 0.3 is 0 Å². The maximum atomic E-state index is 5.58. The van der Waals surface area contributed by atoms with Gasteiger partial charge in [0.25, 0.3) is 0 Å². The van der Waals surface area contributed by atoms with Gasteiger partial charge in [0.05, 0.1) is 0 Å². The molecule has 0 spiro atoms. The van der Waals surface area contributed by atoms with Gasteiger partial charge in [-0.25, -0.2) is 0 Å². The van der Waals surface area contributed by atoms with Crippen LogP contribution < -0.4 is 0 Å². The summed E-state index contributed by atoms with van der Waals surface area (Å²) in [6.45, 7) is 8.45. The van der Waals surface area contributed by atoms with Crippen molar-refractivity contribution < 1.29 is 0 Å². The quantitative estimate of drug-likeness (QED) is 0.389. The Labute approximate surface area is 69.3 Å². The van der Waals surface area contributed by atoms with Crippen LogP contribution in [0.2, 0.25) is 19.6 Å². The molecule has 0 bridgehead atoms. The molecule has 0 radical (unpaired) electrons. The second-order valence-corrected chi connectivity index (χ2v) is 8.60. The van der Waals surface area contributed by atoms with E-state index < -0.39 is 8.07 Å². The van der Waals surface area contributed by atoms with Gasteiger partial charge in [0.1, 0.15) is 8.07 Å². The van der Waals surface area contributed by atoms with Gasteiger partial charge in [-0.15, -0.1) is 5.54 Å². The minimum atomic E-state index is -1.19. The monoisotopic (exact) mass is 172 g/mol. The van der Waals surface area contributed by atoms with E-state index in [0.717, 1.165) is 5.03 Å². The highest BCUT2D eigenvalue weighted by Gasteiger charge is 2.06. The Bertz CT molecular complexity index is 184. The summed E-state index contributed by atoms with van der Waals surface area (Å²) < 4.78 is 0. The largest absolute Gasteiger partial charge is 0.129 e. The molecule has 56 valence electrons. The lowest BCUT2D eigenvalue weighted by atomic mass is 10.5. The first-order valence-corrected chi connectivity index (χ1v) is 7.14. The van der Waals surface area contributed by atoms with Crippen LogP contribution in [-0.2, 0) is 0 Å². The zero-order chi connectivity index (χ0) is 8.20. The summed E-state index contributed by atoms with van der Waals surface area (Å²) in [5.74, 6) is 2.94. The highest BCUT2D eigenvalue weighted by molar-refractivity contribution is 6.83. The van der Waals surface area contributed by atoms with Crippen molar-refractivity contribution in [3.05, 3.63) is 11.1 Å². The predicted octanol–water partition coefficient (Wildman–Crippen LogP) is 3.01. The van der Waals surface area contributed by atoms with Gasteiger partial charge in [-0.3, -0.25) is 0 Å². The summed E-state index contributed by atoms with van der Waals surface area (Å²) in [4.78, 5) is 0. The van der Waals surface area contributed by atoms with Gasteiger partial charge in [0.2, 0.25) is 0 Å². The molecule has 0 aliphatic heterocycles. The summed E-state index contributed by atoms with van der Waals surface area (Å²) in [7, 11) is -1.19. The topological polar surface area (TPSA) is 0 Å². The Kier molecular flexibility index (Phi) is 3.78. The molecule has 0 nitrogen and oxygen atoms in total. The van der Waals surface area contributed by atoms with Crippen LogP contribution in [0, 0.1) is 11.5 Å². The van der Waals surface area contributed by atoms with Crippen molar-refractivity contribution in [3.63, 3.8) is 0 Å². The lowest BCUT2D eigenvalue weighted by Crippen LogP contribution is -2.16. The van der Waals surface area contributed by atoms with E-state index in [1.54, 1.807) is 6.08 Å². The van der Waals surface area contributed by atoms with E-state index in [1.165, 1.54) is 0 Å². The third kappa shape index (κ3) is 7.81. The molecule has 0 rings (SSSR count). The van der Waals surface area contributed by atoms with E-state index in [-0.39, 0.29) is 0 Å². The Hall–Kier alpha value is -0.193. The number of hydrogen-bond acceptors (Lipinski definition) is 0. The van der Waals surface area contributed by atoms with Crippen molar-refractivity contribution in [2.24, 2.45) is 0 Å². The second kappa shape index (κ2) is 3.85. The van der Waals surface area contributed by atoms with Gasteiger partial charge in [-0.1, -0.05) is 37.2 Å². The van der Waals surface area contributed by atoms with Gasteiger partial charge in [0.15, 0.2) is 0 Å². The first-order chi connectivity index (χ1) is 4.42. The Morgan fingerprint density at radius 3 is 2.20 bits per heavy atom. The summed E-state index contributed by atoms with van der Waals surface area (Å²) in [5, 5.41) is 0.755. The second-order valence-electron chi connectivity index (χ2n) is 3.25. The third-order valence-electron chi connectivity index (χ3n) is 0.718. The fourth-order valence-electron chi connectivity index (χ4n) is 0.352. The number of allylic oxidation sites excluding steroid dienone is 2. The molecule has 0 atom stereocenters. The molecule has 0 aromatic rings. The van der Waals surface area contributed by atoms with Gasteiger partial charge in [-0.05, 0) is 6.92 Å². The molecule has 0 amide bonds. The molecule has 10 heavy (non-hydrogen) atoms. The maximum Gasteiger partial charge on any atom is 0.129 e. The van der Waals surface area contributed by atoms with E-state index in [0.29, 0.717) is 0 Å². The first-order valence-electron chi connectivity index (χ1n) is 3.27. The van der Waals surface area contributed by atoms with Crippen molar-refractivity contribution in [1.82, 2.24) is 0 Å². The van der Waals surface area contributed by atoms with Crippen LogP contribution in [-0.4, -0.2) is 8.07 Å². The molecule has 0 aromatic heterocycles. The molecule has 0 aliphatic rings. The third-order valence-corrected chi connectivity index (χ3v) is 1.72. The van der Waals surface area contributed by atoms with Crippen molar-refractivity contribution in [2.75, 3.05) is 0 Å². The molecule has 0 heterocycles. The van der Waals surface area contributed by atoms with Gasteiger partial charge in [0, 0.05) is 11.1 Å². The van der Waals surface area contributed by atoms with Crippen molar-refractivity contribution in [3.8, 4) is 11.5 Å². The fraction of sp³-hybridized carbons (Fsp3) is 0.500. The van der Waals surface area contributed by atoms with Crippen LogP contribution in [0.3, 0.4) is 0 Å². The zero-order valence-electron chi connectivity index (χ0n) is 6.96. The SMILES string of the molecule is C/C(Cl)=C/C#C[Si](C)(C)C. The lowest BCUT2D eigenvalue weighted by Gasteiger charge is -2.02. The van der Waals surface area contributed by atoms with Crippen LogP contribution in [0.25, 0.3) is 0 Å². The van der Waals surface area contributed by atoms with E-state index in [9.17, 15) is 0 Å². The highest BCUT2D eigenvalue weighted by Crippen LogP contribution is 1.98. The molecule has 0 saturated heterocycles. The van der Waals surface area contributed by atoms with E-state index in [1.807, 2.05) is 6.92 Å². The molecule has 0 aliphatic carbocycles. The van der Waals surface area contributed by atoms with Crippen LogP contribution in [0.1, 0.15) is 6.92 Å². The Morgan fingerprint density at radius 1 is 1.40 bits per heavy atom. The molecule has 0 saturated carbocycles. The van der Waals surface area contributed by atoms with E-state index >= 15 is 0 Å². The molecule has 0 aromatic carbocycles. The van der Waals surface area contributed by atoms with Crippen LogP contribution in [0.15, 0.2) is 11.1 Å². The van der Waals surface area contributed by atoms with Gasteiger partial charge in [-0.2, -0.15) is 0 Å². The van der Waals surface area contributed by atoms with Crippen LogP contribution in [0.4, 0.5) is 0 Å². The van der Waals surface area contributed by atoms with E-state index in [4.69, 9.17) is 11.6 Å². The van der Waals surface area contributed by atoms with Crippen LogP contribution >= 0.6 is 11.6 Å². The maximum absolute atomic E-state index is 5.58. The molecule has 0 N–H and O–H groups in total. The fourth-order valence-corrected chi connectivity index (χ4v) is 0.912. The Morgan fingerprint density at radius 2 is 1.90 bits per heavy atom. The van der Waals surface area contributed by atoms with Crippen molar-refractivity contribution in [1.29, 1.82) is 0 Å². The summed E-state index contributed by atoms with van der Waals surface area (Å²) in [6.07, 6.45) is 1.75. The average Bonchev–Trinajstić information content (AvgIpc) is 1.59. The number of rotatable bonds is 0. The average molecular weight is 173 g/mol. The summed E-state index contributed by atoms with van der Waals surface area (Å²) >= 11 is 5.58. The Balaban J connectivity index is 4.07. The van der Waals surface area contributed by atoms with Crippen LogP contribution in [0.5, 0.6) is 0 Å². The molecular weight excluding hydrogens is 160 g/mol. The van der Waals surface area contributed by atoms with E-state index in [2.05, 4.69) is 31.1 Å². The number of hydrogen-bond donors (Lipinski definition) is 0. The van der Waals surface area contributed by atoms with Crippen molar-refractivity contribution >= 4 is 19.7 Å². The highest BCUT2D eigenvalue weighted by atomic mass is 35.5. The van der Waals surface area contributed by atoms with Crippen molar-refractivity contribution in [2.45, 2.75) is 26.6 Å². The van der Waals surface area contributed by atoms with Gasteiger partial charge < -0.3 is 0 Å². The summed E-state index contributed by atoms with van der Waals surface area (Å²) in [6, 6.07) is 0. The smallest absolute Gasteiger partial charge is 0.127 e. The molecular formula is C8H13ClSi. The molecule has 0 unspecified atom stereocenters. The first kappa shape index (κ1) is 9.81. The standard InChI is InChI=1S/C8H13ClSi/c1-8(9)6-5-7-10(2,3)4/h6H,1-4H3/b8-6-. The number of halogens is 1.